The highest BCUT2D eigenvalue weighted by atomic mass is 35.5. The van der Waals surface area contributed by atoms with E-state index in [0.29, 0.717) is 0 Å². The largest absolute Gasteiger partial charge is 0.118 e. The number of aryl methyl sites for hydroxylation is 1. The molecule has 0 heterocycles. The van der Waals surface area contributed by atoms with E-state index in [9.17, 15) is 0 Å². The van der Waals surface area contributed by atoms with E-state index in [4.69, 9.17) is 11.6 Å². The van der Waals surface area contributed by atoms with Crippen molar-refractivity contribution in [2.24, 2.45) is 0 Å². The topological polar surface area (TPSA) is 0 Å². The van der Waals surface area contributed by atoms with Gasteiger partial charge in [0.25, 0.3) is 0 Å². The van der Waals surface area contributed by atoms with Gasteiger partial charge in [-0.05, 0) is 30.4 Å². The summed E-state index contributed by atoms with van der Waals surface area (Å²) >= 11 is 6.50. The molecule has 1 aromatic rings. The lowest BCUT2D eigenvalue weighted by molar-refractivity contribution is 0.584. The predicted molar refractivity (Wildman–Crippen MR) is 91.6 cm³/mol. The number of alkyl halides is 1. The van der Waals surface area contributed by atoms with Crippen LogP contribution in [0.1, 0.15) is 88.1 Å². The van der Waals surface area contributed by atoms with Gasteiger partial charge in [0, 0.05) is 0 Å². The second-order valence-corrected chi connectivity index (χ2v) is 6.40. The molecule has 1 unspecified atom stereocenters. The predicted octanol–water partition coefficient (Wildman–Crippen LogP) is 7.06. The number of unbranched alkanes of at least 4 members (excludes halogenated alkanes) is 6. The van der Waals surface area contributed by atoms with Gasteiger partial charge in [0.1, 0.15) is 0 Å². The Labute approximate surface area is 130 Å². The van der Waals surface area contributed by atoms with Gasteiger partial charge in [-0.15, -0.1) is 11.6 Å². The molecule has 0 aromatic heterocycles. The molecule has 0 aliphatic rings. The fourth-order valence-corrected chi connectivity index (χ4v) is 2.84. The summed E-state index contributed by atoms with van der Waals surface area (Å²) in [5.41, 5.74) is 2.74. The van der Waals surface area contributed by atoms with Crippen LogP contribution in [0.5, 0.6) is 0 Å². The van der Waals surface area contributed by atoms with E-state index in [0.717, 1.165) is 6.42 Å². The standard InChI is InChI=1S/C19H31Cl/c1-3-5-7-8-9-10-12-19(20)18-15-13-17(14-16-18)11-6-4-2/h13-16,19H,3-12H2,1-2H3. The summed E-state index contributed by atoms with van der Waals surface area (Å²) in [6.07, 6.45) is 12.9. The molecule has 0 saturated carbocycles. The summed E-state index contributed by atoms with van der Waals surface area (Å²) in [6.45, 7) is 4.50. The SMILES string of the molecule is CCCCCCCCC(Cl)c1ccc(CCCC)cc1. The lowest BCUT2D eigenvalue weighted by Gasteiger charge is -2.10. The van der Waals surface area contributed by atoms with Gasteiger partial charge in [-0.2, -0.15) is 0 Å². The molecule has 0 aliphatic carbocycles. The van der Waals surface area contributed by atoms with E-state index < -0.39 is 0 Å². The summed E-state index contributed by atoms with van der Waals surface area (Å²) < 4.78 is 0. The first kappa shape index (κ1) is 17.6. The Kier molecular flexibility index (Phi) is 9.83. The highest BCUT2D eigenvalue weighted by Crippen LogP contribution is 2.27. The molecule has 20 heavy (non-hydrogen) atoms. The minimum absolute atomic E-state index is 0.196. The van der Waals surface area contributed by atoms with Crippen LogP contribution in [0.3, 0.4) is 0 Å². The number of hydrogen-bond acceptors (Lipinski definition) is 0. The molecule has 114 valence electrons. The van der Waals surface area contributed by atoms with Gasteiger partial charge in [0.2, 0.25) is 0 Å². The Morgan fingerprint density at radius 3 is 2.05 bits per heavy atom. The van der Waals surface area contributed by atoms with Gasteiger partial charge in [0.05, 0.1) is 5.38 Å². The van der Waals surface area contributed by atoms with Crippen molar-refractivity contribution in [2.75, 3.05) is 0 Å². The van der Waals surface area contributed by atoms with Crippen LogP contribution in [0.25, 0.3) is 0 Å². The Morgan fingerprint density at radius 2 is 1.40 bits per heavy atom. The molecule has 1 atom stereocenters. The van der Waals surface area contributed by atoms with Gasteiger partial charge in [0.15, 0.2) is 0 Å². The minimum atomic E-state index is 0.196. The fourth-order valence-electron chi connectivity index (χ4n) is 2.54. The molecular weight excluding hydrogens is 264 g/mol. The maximum Gasteiger partial charge on any atom is 0.0585 e. The Balaban J connectivity index is 2.23. The van der Waals surface area contributed by atoms with Crippen molar-refractivity contribution in [3.05, 3.63) is 35.4 Å². The first-order chi connectivity index (χ1) is 9.77. The third-order valence-corrected chi connectivity index (χ3v) is 4.44. The van der Waals surface area contributed by atoms with Crippen LogP contribution in [0.15, 0.2) is 24.3 Å². The minimum Gasteiger partial charge on any atom is -0.118 e. The van der Waals surface area contributed by atoms with Crippen molar-refractivity contribution in [3.63, 3.8) is 0 Å². The number of rotatable bonds is 11. The maximum atomic E-state index is 6.50. The van der Waals surface area contributed by atoms with Gasteiger partial charge in [-0.3, -0.25) is 0 Å². The third-order valence-electron chi connectivity index (χ3n) is 3.97. The van der Waals surface area contributed by atoms with Crippen molar-refractivity contribution >= 4 is 11.6 Å². The maximum absolute atomic E-state index is 6.50. The van der Waals surface area contributed by atoms with Crippen molar-refractivity contribution < 1.29 is 0 Å². The second-order valence-electron chi connectivity index (χ2n) is 5.87. The van der Waals surface area contributed by atoms with Gasteiger partial charge >= 0.3 is 0 Å². The van der Waals surface area contributed by atoms with E-state index in [1.54, 1.807) is 0 Å². The quantitative estimate of drug-likeness (QED) is 0.303. The molecule has 0 fully saturated rings. The Bertz CT molecular complexity index is 328. The monoisotopic (exact) mass is 294 g/mol. The van der Waals surface area contributed by atoms with Crippen LogP contribution in [0.4, 0.5) is 0 Å². The lowest BCUT2D eigenvalue weighted by Crippen LogP contribution is -1.92. The van der Waals surface area contributed by atoms with E-state index in [1.165, 1.54) is 68.9 Å². The van der Waals surface area contributed by atoms with Gasteiger partial charge in [-0.1, -0.05) is 83.1 Å². The van der Waals surface area contributed by atoms with Crippen molar-refractivity contribution in [2.45, 2.75) is 83.4 Å². The van der Waals surface area contributed by atoms with E-state index in [-0.39, 0.29) is 5.38 Å². The van der Waals surface area contributed by atoms with Crippen LogP contribution in [0.2, 0.25) is 0 Å². The van der Waals surface area contributed by atoms with Crippen LogP contribution >= 0.6 is 11.6 Å². The smallest absolute Gasteiger partial charge is 0.0585 e. The number of hydrogen-bond donors (Lipinski definition) is 0. The van der Waals surface area contributed by atoms with E-state index >= 15 is 0 Å². The molecule has 1 aromatic carbocycles. The normalized spacial score (nSPS) is 12.6. The summed E-state index contributed by atoms with van der Waals surface area (Å²) in [5.74, 6) is 0. The highest BCUT2D eigenvalue weighted by molar-refractivity contribution is 6.20. The zero-order chi connectivity index (χ0) is 14.6. The zero-order valence-electron chi connectivity index (χ0n) is 13.3. The molecule has 0 bridgehead atoms. The van der Waals surface area contributed by atoms with Crippen molar-refractivity contribution in [1.29, 1.82) is 0 Å². The van der Waals surface area contributed by atoms with Gasteiger partial charge < -0.3 is 0 Å². The van der Waals surface area contributed by atoms with E-state index in [2.05, 4.69) is 38.1 Å². The number of halogens is 1. The van der Waals surface area contributed by atoms with Crippen molar-refractivity contribution in [3.8, 4) is 0 Å². The average Bonchev–Trinajstić information content (AvgIpc) is 2.49. The molecule has 0 spiro atoms. The second kappa shape index (κ2) is 11.2. The highest BCUT2D eigenvalue weighted by Gasteiger charge is 2.07. The molecule has 0 nitrogen and oxygen atoms in total. The summed E-state index contributed by atoms with van der Waals surface area (Å²) in [4.78, 5) is 0. The summed E-state index contributed by atoms with van der Waals surface area (Å²) in [6, 6.07) is 8.95. The Morgan fingerprint density at radius 1 is 0.800 bits per heavy atom. The van der Waals surface area contributed by atoms with Gasteiger partial charge in [-0.25, -0.2) is 0 Å². The first-order valence-electron chi connectivity index (χ1n) is 8.50. The van der Waals surface area contributed by atoms with Crippen molar-refractivity contribution in [1.82, 2.24) is 0 Å². The first-order valence-corrected chi connectivity index (χ1v) is 8.94. The average molecular weight is 295 g/mol. The van der Waals surface area contributed by atoms with Crippen LogP contribution in [-0.4, -0.2) is 0 Å². The summed E-state index contributed by atoms with van der Waals surface area (Å²) in [7, 11) is 0. The van der Waals surface area contributed by atoms with Crippen LogP contribution in [0, 0.1) is 0 Å². The molecule has 0 aliphatic heterocycles. The number of benzene rings is 1. The van der Waals surface area contributed by atoms with Crippen LogP contribution in [-0.2, 0) is 6.42 Å². The molecule has 0 N–H and O–H groups in total. The molecule has 0 amide bonds. The molecule has 1 heteroatoms. The molecule has 1 rings (SSSR count). The zero-order valence-corrected chi connectivity index (χ0v) is 14.1. The molecule has 0 radical (unpaired) electrons. The molecule has 0 saturated heterocycles. The fraction of sp³-hybridized carbons (Fsp3) is 0.684. The van der Waals surface area contributed by atoms with Crippen LogP contribution < -0.4 is 0 Å². The van der Waals surface area contributed by atoms with E-state index in [1.807, 2.05) is 0 Å². The molecular formula is C19H31Cl. The third kappa shape index (κ3) is 7.33. The Hall–Kier alpha value is -0.490. The summed E-state index contributed by atoms with van der Waals surface area (Å²) in [5, 5.41) is 0.196. The lowest BCUT2D eigenvalue weighted by atomic mass is 10.0.